The fourth-order valence-corrected chi connectivity index (χ4v) is 3.33. The SMILES string of the molecule is BrCc1c(OCc2cccs2)ccc2ccccc12. The summed E-state index contributed by atoms with van der Waals surface area (Å²) < 4.78 is 5.96. The molecule has 0 saturated carbocycles. The predicted molar refractivity (Wildman–Crippen MR) is 85.2 cm³/mol. The lowest BCUT2D eigenvalue weighted by molar-refractivity contribution is 0.308. The van der Waals surface area contributed by atoms with E-state index in [1.165, 1.54) is 21.2 Å². The van der Waals surface area contributed by atoms with E-state index in [1.54, 1.807) is 11.3 Å². The molecule has 0 atom stereocenters. The largest absolute Gasteiger partial charge is 0.488 e. The molecular formula is C16H13BrOS. The van der Waals surface area contributed by atoms with E-state index in [2.05, 4.69) is 69.8 Å². The van der Waals surface area contributed by atoms with Gasteiger partial charge in [-0.2, -0.15) is 0 Å². The summed E-state index contributed by atoms with van der Waals surface area (Å²) in [5.74, 6) is 0.962. The molecule has 0 fully saturated rings. The van der Waals surface area contributed by atoms with Gasteiger partial charge in [0, 0.05) is 15.8 Å². The van der Waals surface area contributed by atoms with Crippen molar-refractivity contribution >= 4 is 38.0 Å². The van der Waals surface area contributed by atoms with Gasteiger partial charge in [-0.05, 0) is 28.3 Å². The second-order valence-corrected chi connectivity index (χ2v) is 5.86. The third-order valence-electron chi connectivity index (χ3n) is 3.08. The lowest BCUT2D eigenvalue weighted by Gasteiger charge is -2.12. The van der Waals surface area contributed by atoms with Crippen molar-refractivity contribution in [3.8, 4) is 5.75 Å². The molecule has 0 bridgehead atoms. The lowest BCUT2D eigenvalue weighted by Crippen LogP contribution is -1.96. The summed E-state index contributed by atoms with van der Waals surface area (Å²) in [5, 5.41) is 5.38. The number of fused-ring (bicyclic) bond motifs is 1. The van der Waals surface area contributed by atoms with Crippen LogP contribution in [0.25, 0.3) is 10.8 Å². The Morgan fingerprint density at radius 3 is 2.68 bits per heavy atom. The van der Waals surface area contributed by atoms with Gasteiger partial charge in [-0.1, -0.05) is 52.3 Å². The summed E-state index contributed by atoms with van der Waals surface area (Å²) in [7, 11) is 0. The predicted octanol–water partition coefficient (Wildman–Crippen LogP) is 5.38. The van der Waals surface area contributed by atoms with Crippen molar-refractivity contribution in [1.82, 2.24) is 0 Å². The normalized spacial score (nSPS) is 10.8. The number of benzene rings is 2. The molecule has 2 aromatic carbocycles. The molecule has 1 aromatic heterocycles. The molecule has 1 heterocycles. The van der Waals surface area contributed by atoms with Crippen LogP contribution in [0.2, 0.25) is 0 Å². The molecular weight excluding hydrogens is 320 g/mol. The van der Waals surface area contributed by atoms with Crippen LogP contribution in [0.15, 0.2) is 53.9 Å². The zero-order valence-corrected chi connectivity index (χ0v) is 12.7. The van der Waals surface area contributed by atoms with Gasteiger partial charge in [-0.15, -0.1) is 11.3 Å². The first kappa shape index (κ1) is 12.7. The van der Waals surface area contributed by atoms with Gasteiger partial charge in [-0.25, -0.2) is 0 Å². The molecule has 0 spiro atoms. The number of ether oxygens (including phenoxy) is 1. The van der Waals surface area contributed by atoms with Crippen molar-refractivity contribution in [2.24, 2.45) is 0 Å². The van der Waals surface area contributed by atoms with Crippen molar-refractivity contribution < 1.29 is 4.74 Å². The summed E-state index contributed by atoms with van der Waals surface area (Å²) in [6, 6.07) is 16.7. The number of hydrogen-bond donors (Lipinski definition) is 0. The molecule has 0 aliphatic heterocycles. The molecule has 96 valence electrons. The summed E-state index contributed by atoms with van der Waals surface area (Å²) in [6.45, 7) is 0.635. The molecule has 0 N–H and O–H groups in total. The average Bonchev–Trinajstić information content (AvgIpc) is 2.97. The topological polar surface area (TPSA) is 9.23 Å². The highest BCUT2D eigenvalue weighted by molar-refractivity contribution is 9.08. The van der Waals surface area contributed by atoms with Crippen molar-refractivity contribution in [2.75, 3.05) is 0 Å². The third kappa shape index (κ3) is 2.67. The van der Waals surface area contributed by atoms with E-state index in [-0.39, 0.29) is 0 Å². The molecule has 3 heteroatoms. The van der Waals surface area contributed by atoms with Gasteiger partial charge in [0.1, 0.15) is 12.4 Å². The number of alkyl halides is 1. The van der Waals surface area contributed by atoms with Gasteiger partial charge >= 0.3 is 0 Å². The van der Waals surface area contributed by atoms with Gasteiger partial charge in [-0.3, -0.25) is 0 Å². The van der Waals surface area contributed by atoms with Crippen LogP contribution in [0.1, 0.15) is 10.4 Å². The Bertz CT molecular complexity index is 676. The minimum absolute atomic E-state index is 0.635. The monoisotopic (exact) mass is 332 g/mol. The summed E-state index contributed by atoms with van der Waals surface area (Å²) in [5.41, 5.74) is 1.22. The first-order valence-electron chi connectivity index (χ1n) is 6.10. The number of hydrogen-bond acceptors (Lipinski definition) is 2. The van der Waals surface area contributed by atoms with Gasteiger partial charge in [0.2, 0.25) is 0 Å². The summed E-state index contributed by atoms with van der Waals surface area (Å²) in [4.78, 5) is 1.24. The van der Waals surface area contributed by atoms with Gasteiger partial charge in [0.05, 0.1) is 0 Å². The van der Waals surface area contributed by atoms with Crippen molar-refractivity contribution in [3.05, 3.63) is 64.4 Å². The second-order valence-electron chi connectivity index (χ2n) is 4.27. The van der Waals surface area contributed by atoms with Crippen LogP contribution >= 0.6 is 27.3 Å². The zero-order chi connectivity index (χ0) is 13.1. The van der Waals surface area contributed by atoms with E-state index in [9.17, 15) is 0 Å². The number of thiophene rings is 1. The van der Waals surface area contributed by atoms with Crippen LogP contribution < -0.4 is 4.74 Å². The standard InChI is InChI=1S/C16H13BrOS/c17-10-15-14-6-2-1-4-12(14)7-8-16(15)18-11-13-5-3-9-19-13/h1-9H,10-11H2. The Hall–Kier alpha value is -1.32. The van der Waals surface area contributed by atoms with Gasteiger partial charge in [0.15, 0.2) is 0 Å². The zero-order valence-electron chi connectivity index (χ0n) is 10.3. The Labute approximate surface area is 125 Å². The minimum Gasteiger partial charge on any atom is -0.488 e. The highest BCUT2D eigenvalue weighted by Gasteiger charge is 2.08. The molecule has 1 nitrogen and oxygen atoms in total. The molecule has 0 aliphatic carbocycles. The molecule has 0 saturated heterocycles. The Morgan fingerprint density at radius 1 is 1.00 bits per heavy atom. The van der Waals surface area contributed by atoms with E-state index in [4.69, 9.17) is 4.74 Å². The molecule has 0 aliphatic rings. The smallest absolute Gasteiger partial charge is 0.124 e. The van der Waals surface area contributed by atoms with E-state index < -0.39 is 0 Å². The highest BCUT2D eigenvalue weighted by atomic mass is 79.9. The average molecular weight is 333 g/mol. The second kappa shape index (κ2) is 5.76. The van der Waals surface area contributed by atoms with E-state index >= 15 is 0 Å². The van der Waals surface area contributed by atoms with Crippen LogP contribution in [0.5, 0.6) is 5.75 Å². The third-order valence-corrected chi connectivity index (χ3v) is 4.49. The van der Waals surface area contributed by atoms with E-state index in [1.807, 2.05) is 0 Å². The number of halogens is 1. The minimum atomic E-state index is 0.635. The maximum Gasteiger partial charge on any atom is 0.124 e. The summed E-state index contributed by atoms with van der Waals surface area (Å²) in [6.07, 6.45) is 0. The highest BCUT2D eigenvalue weighted by Crippen LogP contribution is 2.30. The Balaban J connectivity index is 1.94. The molecule has 0 amide bonds. The van der Waals surface area contributed by atoms with Crippen LogP contribution in [-0.2, 0) is 11.9 Å². The molecule has 0 unspecified atom stereocenters. The van der Waals surface area contributed by atoms with Crippen molar-refractivity contribution in [2.45, 2.75) is 11.9 Å². The first-order chi connectivity index (χ1) is 9.38. The van der Waals surface area contributed by atoms with Crippen LogP contribution in [0.3, 0.4) is 0 Å². The molecule has 0 radical (unpaired) electrons. The summed E-state index contributed by atoms with van der Waals surface area (Å²) >= 11 is 5.29. The lowest BCUT2D eigenvalue weighted by atomic mass is 10.0. The van der Waals surface area contributed by atoms with Crippen molar-refractivity contribution in [1.29, 1.82) is 0 Å². The van der Waals surface area contributed by atoms with Crippen molar-refractivity contribution in [3.63, 3.8) is 0 Å². The van der Waals surface area contributed by atoms with Crippen LogP contribution in [-0.4, -0.2) is 0 Å². The maximum atomic E-state index is 5.96. The Morgan fingerprint density at radius 2 is 1.89 bits per heavy atom. The van der Waals surface area contributed by atoms with Gasteiger partial charge < -0.3 is 4.74 Å². The van der Waals surface area contributed by atoms with Crippen LogP contribution in [0.4, 0.5) is 0 Å². The quantitative estimate of drug-likeness (QED) is 0.583. The fourth-order valence-electron chi connectivity index (χ4n) is 2.13. The molecule has 3 rings (SSSR count). The Kier molecular flexibility index (Phi) is 3.85. The maximum absolute atomic E-state index is 5.96. The van der Waals surface area contributed by atoms with E-state index in [0.717, 1.165) is 11.1 Å². The first-order valence-corrected chi connectivity index (χ1v) is 8.10. The molecule has 3 aromatic rings. The van der Waals surface area contributed by atoms with Crippen LogP contribution in [0, 0.1) is 0 Å². The molecule has 19 heavy (non-hydrogen) atoms. The van der Waals surface area contributed by atoms with Gasteiger partial charge in [0.25, 0.3) is 0 Å². The fraction of sp³-hybridized carbons (Fsp3) is 0.125. The van der Waals surface area contributed by atoms with E-state index in [0.29, 0.717) is 6.61 Å². The number of rotatable bonds is 4.